The summed E-state index contributed by atoms with van der Waals surface area (Å²) in [5.41, 5.74) is -6.24. The van der Waals surface area contributed by atoms with Crippen LogP contribution in [-0.4, -0.2) is 67.0 Å². The maximum Gasteiger partial charge on any atom is 0.331 e. The van der Waals surface area contributed by atoms with Crippen molar-refractivity contribution in [1.29, 1.82) is 0 Å². The van der Waals surface area contributed by atoms with E-state index in [1.807, 2.05) is 33.8 Å². The van der Waals surface area contributed by atoms with Crippen LogP contribution in [0.2, 0.25) is 0 Å². The fourth-order valence-electron chi connectivity index (χ4n) is 9.14. The largest absolute Gasteiger partial charge is 0.459 e. The quantitative estimate of drug-likeness (QED) is 0.111. The van der Waals surface area contributed by atoms with Crippen molar-refractivity contribution in [2.24, 2.45) is 22.7 Å². The number of hydrogen-bond donors (Lipinski definition) is 3. The van der Waals surface area contributed by atoms with Gasteiger partial charge in [-0.3, -0.25) is 14.9 Å². The van der Waals surface area contributed by atoms with Gasteiger partial charge in [0.2, 0.25) is 0 Å². The minimum Gasteiger partial charge on any atom is -0.459 e. The van der Waals surface area contributed by atoms with E-state index in [1.54, 1.807) is 25.1 Å². The van der Waals surface area contributed by atoms with Crippen LogP contribution in [0.4, 0.5) is 5.69 Å². The zero-order chi connectivity index (χ0) is 35.4. The molecular formula is C37H47NO10. The second-order valence-electron chi connectivity index (χ2n) is 15.0. The monoisotopic (exact) mass is 665 g/mol. The van der Waals surface area contributed by atoms with Gasteiger partial charge in [0, 0.05) is 30.6 Å². The van der Waals surface area contributed by atoms with E-state index in [1.165, 1.54) is 31.2 Å². The van der Waals surface area contributed by atoms with Gasteiger partial charge in [0.05, 0.1) is 15.9 Å². The molecular weight excluding hydrogens is 618 g/mol. The molecule has 1 unspecified atom stereocenters. The molecule has 11 nitrogen and oxygen atoms in total. The van der Waals surface area contributed by atoms with E-state index in [0.29, 0.717) is 19.3 Å². The molecule has 4 aliphatic rings. The summed E-state index contributed by atoms with van der Waals surface area (Å²) in [5.74, 6) is -2.36. The third-order valence-corrected chi connectivity index (χ3v) is 12.5. The smallest absolute Gasteiger partial charge is 0.331 e. The van der Waals surface area contributed by atoms with E-state index in [9.17, 15) is 39.8 Å². The van der Waals surface area contributed by atoms with Crippen LogP contribution in [-0.2, 0) is 23.9 Å². The van der Waals surface area contributed by atoms with E-state index < -0.39 is 68.4 Å². The van der Waals surface area contributed by atoms with Crippen molar-refractivity contribution in [2.75, 3.05) is 0 Å². The van der Waals surface area contributed by atoms with E-state index in [-0.39, 0.29) is 42.9 Å². The third-order valence-electron chi connectivity index (χ3n) is 12.5. The Balaban J connectivity index is 1.43. The van der Waals surface area contributed by atoms with Crippen LogP contribution in [0.3, 0.4) is 0 Å². The van der Waals surface area contributed by atoms with E-state index in [2.05, 4.69) is 0 Å². The molecule has 4 aliphatic carbocycles. The van der Waals surface area contributed by atoms with E-state index in [4.69, 9.17) is 9.47 Å². The number of Topliss-reactive ketones (excluding diaryl/α,β-unsaturated/α-hetero) is 1. The highest BCUT2D eigenvalue weighted by Gasteiger charge is 2.81. The maximum absolute atomic E-state index is 13.3. The average molecular weight is 666 g/mol. The minimum atomic E-state index is -2.03. The van der Waals surface area contributed by atoms with Crippen molar-refractivity contribution in [2.45, 2.75) is 115 Å². The summed E-state index contributed by atoms with van der Waals surface area (Å²) >= 11 is 0. The molecule has 8 atom stereocenters. The van der Waals surface area contributed by atoms with Crippen LogP contribution in [0.1, 0.15) is 92.1 Å². The number of para-hydroxylation sites is 1. The Labute approximate surface area is 280 Å². The number of aliphatic hydroxyl groups is 3. The Hall–Kier alpha value is -3.67. The lowest BCUT2D eigenvalue weighted by Gasteiger charge is -2.67. The molecule has 1 aromatic carbocycles. The predicted molar refractivity (Wildman–Crippen MR) is 176 cm³/mol. The number of ether oxygens (including phenoxy) is 2. The van der Waals surface area contributed by atoms with Crippen molar-refractivity contribution in [3.8, 4) is 0 Å². The molecule has 11 heteroatoms. The number of hydrogen-bond acceptors (Lipinski definition) is 10. The number of fused-ring (bicyclic) bond motifs is 5. The van der Waals surface area contributed by atoms with E-state index in [0.717, 1.165) is 11.1 Å². The van der Waals surface area contributed by atoms with Crippen LogP contribution in [0, 0.1) is 32.8 Å². The maximum atomic E-state index is 13.3. The number of nitrogens with zero attached hydrogens (tertiary/aromatic N) is 1. The first-order valence-electron chi connectivity index (χ1n) is 16.7. The Morgan fingerprint density at radius 3 is 2.35 bits per heavy atom. The lowest BCUT2D eigenvalue weighted by atomic mass is 9.42. The molecule has 5 rings (SSSR count). The third kappa shape index (κ3) is 5.34. The number of carbonyl (C=O) groups excluding carboxylic acids is 3. The summed E-state index contributed by atoms with van der Waals surface area (Å²) < 4.78 is 11.8. The SMILES string of the molecule is CC(=O)[C@]1(O)CC[C@@]2(O)[C@]1(C)[C@H](OC(=O)/C=C(\C)C(C)C)CC1[C@@]3(C)CC[C@H](OC(=O)/C=C/c4ccccc4[N+](=O)[O-])CC3=CC[C@]12O. The number of allylic oxidation sites excluding steroid dienone is 1. The van der Waals surface area contributed by atoms with Crippen LogP contribution in [0.15, 0.2) is 53.6 Å². The molecule has 3 fully saturated rings. The van der Waals surface area contributed by atoms with Gasteiger partial charge in [-0.1, -0.05) is 50.1 Å². The Morgan fingerprint density at radius 2 is 1.71 bits per heavy atom. The topological polar surface area (TPSA) is 174 Å². The molecule has 0 aromatic heterocycles. The number of benzene rings is 1. The fraction of sp³-hybridized carbons (Fsp3) is 0.595. The van der Waals surface area contributed by atoms with E-state index >= 15 is 0 Å². The minimum absolute atomic E-state index is 0.0357. The van der Waals surface area contributed by atoms with Crippen LogP contribution < -0.4 is 0 Å². The Morgan fingerprint density at radius 1 is 1.02 bits per heavy atom. The molecule has 0 saturated heterocycles. The standard InChI is InChI=1S/C37H47NO10/c1-22(2)23(3)19-32(41)48-30-21-29-33(5)15-14-27(47-31(40)12-11-25-9-7-8-10-28(25)38(45)46)20-26(33)13-16-36(29,43)37(44)18-17-35(42,24(4)39)34(30,37)6/h7-13,19,22,27,29-30,42-44H,14-18,20-21H2,1-6H3/b12-11+,23-19+/t27-,29?,30+,33-,34+,35+,36-,37+/m0/s1. The highest BCUT2D eigenvalue weighted by molar-refractivity contribution is 5.88. The number of carbonyl (C=O) groups is 3. The normalized spacial score (nSPS) is 37.7. The first kappa shape index (κ1) is 35.6. The second-order valence-corrected chi connectivity index (χ2v) is 15.0. The lowest BCUT2D eigenvalue weighted by molar-refractivity contribution is -0.385. The zero-order valence-electron chi connectivity index (χ0n) is 28.5. The van der Waals surface area contributed by atoms with Gasteiger partial charge in [0.15, 0.2) is 5.78 Å². The second kappa shape index (κ2) is 12.3. The average Bonchev–Trinajstić information content (AvgIpc) is 3.25. The zero-order valence-corrected chi connectivity index (χ0v) is 28.5. The first-order valence-corrected chi connectivity index (χ1v) is 16.7. The van der Waals surface area contributed by atoms with Crippen LogP contribution in [0.5, 0.6) is 0 Å². The molecule has 260 valence electrons. The van der Waals surface area contributed by atoms with Crippen molar-refractivity contribution < 1.29 is 44.1 Å². The predicted octanol–water partition coefficient (Wildman–Crippen LogP) is 5.16. The molecule has 48 heavy (non-hydrogen) atoms. The van der Waals surface area contributed by atoms with Gasteiger partial charge in [-0.2, -0.15) is 0 Å². The number of rotatable bonds is 8. The van der Waals surface area contributed by atoms with Gasteiger partial charge in [0.25, 0.3) is 5.69 Å². The Bertz CT molecular complexity index is 1610. The fourth-order valence-corrected chi connectivity index (χ4v) is 9.14. The van der Waals surface area contributed by atoms with Gasteiger partial charge in [-0.25, -0.2) is 9.59 Å². The van der Waals surface area contributed by atoms with Crippen molar-refractivity contribution in [3.05, 3.63) is 69.3 Å². The summed E-state index contributed by atoms with van der Waals surface area (Å²) in [7, 11) is 0. The van der Waals surface area contributed by atoms with Crippen molar-refractivity contribution in [1.82, 2.24) is 0 Å². The molecule has 0 amide bonds. The molecule has 3 N–H and O–H groups in total. The van der Waals surface area contributed by atoms with Crippen molar-refractivity contribution >= 4 is 29.5 Å². The van der Waals surface area contributed by atoms with Crippen molar-refractivity contribution in [3.63, 3.8) is 0 Å². The van der Waals surface area contributed by atoms with Gasteiger partial charge in [-0.05, 0) is 82.8 Å². The Kier molecular flexibility index (Phi) is 9.16. The number of nitro groups is 1. The highest BCUT2D eigenvalue weighted by atomic mass is 16.6. The number of esters is 2. The van der Waals surface area contributed by atoms with Crippen LogP contribution >= 0.6 is 0 Å². The molecule has 0 bridgehead atoms. The number of ketones is 1. The summed E-state index contributed by atoms with van der Waals surface area (Å²) in [4.78, 5) is 49.9. The number of nitro benzene ring substituents is 1. The van der Waals surface area contributed by atoms with Gasteiger partial charge < -0.3 is 24.8 Å². The summed E-state index contributed by atoms with van der Waals surface area (Å²) in [6, 6.07) is 6.08. The van der Waals surface area contributed by atoms with Gasteiger partial charge in [-0.15, -0.1) is 0 Å². The molecule has 0 radical (unpaired) electrons. The molecule has 0 heterocycles. The first-order chi connectivity index (χ1) is 22.3. The van der Waals surface area contributed by atoms with Gasteiger partial charge >= 0.3 is 11.9 Å². The molecule has 0 spiro atoms. The molecule has 0 aliphatic heterocycles. The van der Waals surface area contributed by atoms with Crippen LogP contribution in [0.25, 0.3) is 6.08 Å². The summed E-state index contributed by atoms with van der Waals surface area (Å²) in [6.45, 7) is 10.5. The van der Waals surface area contributed by atoms with Gasteiger partial charge in [0.1, 0.15) is 29.0 Å². The summed E-state index contributed by atoms with van der Waals surface area (Å²) in [6.07, 6.45) is 5.51. The molecule has 1 aromatic rings. The highest BCUT2D eigenvalue weighted by Crippen LogP contribution is 2.71. The summed E-state index contributed by atoms with van der Waals surface area (Å²) in [5, 5.41) is 48.5. The lowest BCUT2D eigenvalue weighted by Crippen LogP contribution is -2.78. The molecule has 3 saturated carbocycles.